The van der Waals surface area contributed by atoms with Crippen LogP contribution in [0, 0.1) is 5.41 Å². The highest BCUT2D eigenvalue weighted by atomic mass is 15.1. The van der Waals surface area contributed by atoms with Crippen LogP contribution in [-0.4, -0.2) is 36.6 Å². The van der Waals surface area contributed by atoms with E-state index in [0.29, 0.717) is 5.41 Å². The zero-order chi connectivity index (χ0) is 13.7. The first kappa shape index (κ1) is 15.3. The van der Waals surface area contributed by atoms with Gasteiger partial charge in [-0.05, 0) is 70.0 Å². The van der Waals surface area contributed by atoms with Gasteiger partial charge in [0.25, 0.3) is 0 Å². The molecule has 0 radical (unpaired) electrons. The molecule has 1 heterocycles. The average Bonchev–Trinajstić information content (AvgIpc) is 2.40. The van der Waals surface area contributed by atoms with Gasteiger partial charge in [0.05, 0.1) is 0 Å². The minimum Gasteiger partial charge on any atom is -0.311 e. The number of unbranched alkanes of at least 4 members (excludes halogenated alkanes) is 1. The molecular weight excluding hydrogens is 232 g/mol. The molecule has 1 aliphatic heterocycles. The smallest absolute Gasteiger partial charge is 0.00940 e. The fourth-order valence-electron chi connectivity index (χ4n) is 3.60. The first-order chi connectivity index (χ1) is 9.09. The van der Waals surface area contributed by atoms with Gasteiger partial charge in [-0.15, -0.1) is 0 Å². The van der Waals surface area contributed by atoms with Gasteiger partial charge in [-0.1, -0.05) is 27.2 Å². The SMILES string of the molecule is CCCCN1CCC(NC2CCC(C)(C)CC2)CC1. The molecule has 0 spiro atoms. The number of nitrogens with zero attached hydrogens (tertiary/aromatic N) is 1. The molecule has 2 rings (SSSR count). The van der Waals surface area contributed by atoms with Crippen LogP contribution in [0.1, 0.15) is 72.1 Å². The number of rotatable bonds is 5. The fourth-order valence-corrected chi connectivity index (χ4v) is 3.60. The molecule has 0 bridgehead atoms. The third-order valence-corrected chi connectivity index (χ3v) is 5.23. The van der Waals surface area contributed by atoms with E-state index >= 15 is 0 Å². The molecule has 1 aliphatic carbocycles. The monoisotopic (exact) mass is 266 g/mol. The summed E-state index contributed by atoms with van der Waals surface area (Å²) in [4.78, 5) is 2.66. The van der Waals surface area contributed by atoms with Gasteiger partial charge in [-0.25, -0.2) is 0 Å². The molecule has 0 aromatic carbocycles. The predicted molar refractivity (Wildman–Crippen MR) is 83.5 cm³/mol. The maximum atomic E-state index is 3.95. The lowest BCUT2D eigenvalue weighted by Gasteiger charge is -2.39. The first-order valence-electron chi connectivity index (χ1n) is 8.57. The molecular formula is C17H34N2. The largest absolute Gasteiger partial charge is 0.311 e. The van der Waals surface area contributed by atoms with Gasteiger partial charge in [-0.3, -0.25) is 0 Å². The summed E-state index contributed by atoms with van der Waals surface area (Å²) in [6.07, 6.45) is 11.0. The van der Waals surface area contributed by atoms with Crippen molar-refractivity contribution in [3.63, 3.8) is 0 Å². The Bertz CT molecular complexity index is 244. The van der Waals surface area contributed by atoms with Crippen LogP contribution in [0.4, 0.5) is 0 Å². The van der Waals surface area contributed by atoms with E-state index in [1.54, 1.807) is 0 Å². The molecule has 2 aliphatic rings. The summed E-state index contributed by atoms with van der Waals surface area (Å²) >= 11 is 0. The Balaban J connectivity index is 1.63. The highest BCUT2D eigenvalue weighted by molar-refractivity contribution is 4.86. The summed E-state index contributed by atoms with van der Waals surface area (Å²) in [6, 6.07) is 1.60. The summed E-state index contributed by atoms with van der Waals surface area (Å²) in [5, 5.41) is 3.95. The van der Waals surface area contributed by atoms with Gasteiger partial charge in [0.2, 0.25) is 0 Å². The van der Waals surface area contributed by atoms with Gasteiger partial charge in [0, 0.05) is 12.1 Å². The first-order valence-corrected chi connectivity index (χ1v) is 8.57. The maximum absolute atomic E-state index is 3.95. The van der Waals surface area contributed by atoms with E-state index in [-0.39, 0.29) is 0 Å². The zero-order valence-corrected chi connectivity index (χ0v) is 13.4. The van der Waals surface area contributed by atoms with Crippen molar-refractivity contribution in [2.24, 2.45) is 5.41 Å². The van der Waals surface area contributed by atoms with E-state index in [1.165, 1.54) is 71.0 Å². The summed E-state index contributed by atoms with van der Waals surface area (Å²) in [6.45, 7) is 11.1. The van der Waals surface area contributed by atoms with E-state index in [4.69, 9.17) is 0 Å². The lowest BCUT2D eigenvalue weighted by molar-refractivity contribution is 0.160. The molecule has 1 N–H and O–H groups in total. The third kappa shape index (κ3) is 5.07. The normalized spacial score (nSPS) is 26.7. The summed E-state index contributed by atoms with van der Waals surface area (Å²) < 4.78 is 0. The molecule has 0 aromatic rings. The molecule has 0 unspecified atom stereocenters. The summed E-state index contributed by atoms with van der Waals surface area (Å²) in [5.74, 6) is 0. The second-order valence-corrected chi connectivity index (χ2v) is 7.57. The molecule has 112 valence electrons. The van der Waals surface area contributed by atoms with Crippen molar-refractivity contribution in [1.82, 2.24) is 10.2 Å². The van der Waals surface area contributed by atoms with Crippen LogP contribution in [-0.2, 0) is 0 Å². The van der Waals surface area contributed by atoms with E-state index in [9.17, 15) is 0 Å². The Morgan fingerprint density at radius 3 is 2.16 bits per heavy atom. The van der Waals surface area contributed by atoms with Crippen molar-refractivity contribution in [3.8, 4) is 0 Å². The molecule has 1 saturated heterocycles. The minimum absolute atomic E-state index is 0.599. The molecule has 1 saturated carbocycles. The average molecular weight is 266 g/mol. The van der Waals surface area contributed by atoms with Gasteiger partial charge < -0.3 is 10.2 Å². The van der Waals surface area contributed by atoms with Crippen LogP contribution >= 0.6 is 0 Å². The van der Waals surface area contributed by atoms with Gasteiger partial charge >= 0.3 is 0 Å². The standard InChI is InChI=1S/C17H34N2/c1-4-5-12-19-13-8-16(9-14-19)18-15-6-10-17(2,3)11-7-15/h15-16,18H,4-14H2,1-3H3. The molecule has 2 heteroatoms. The Hall–Kier alpha value is -0.0800. The second kappa shape index (κ2) is 7.08. The van der Waals surface area contributed by atoms with Crippen LogP contribution in [0.3, 0.4) is 0 Å². The van der Waals surface area contributed by atoms with Crippen LogP contribution in [0.5, 0.6) is 0 Å². The second-order valence-electron chi connectivity index (χ2n) is 7.57. The molecule has 2 nitrogen and oxygen atoms in total. The number of likely N-dealkylation sites (tertiary alicyclic amines) is 1. The number of piperidine rings is 1. The number of hydrogen-bond acceptors (Lipinski definition) is 2. The third-order valence-electron chi connectivity index (χ3n) is 5.23. The van der Waals surface area contributed by atoms with E-state index < -0.39 is 0 Å². The highest BCUT2D eigenvalue weighted by Gasteiger charge is 2.28. The fraction of sp³-hybridized carbons (Fsp3) is 1.00. The van der Waals surface area contributed by atoms with Crippen molar-refractivity contribution in [2.45, 2.75) is 84.2 Å². The lowest BCUT2D eigenvalue weighted by Crippen LogP contribution is -2.47. The van der Waals surface area contributed by atoms with Crippen LogP contribution in [0.2, 0.25) is 0 Å². The molecule has 0 aromatic heterocycles. The number of hydrogen-bond donors (Lipinski definition) is 1. The Morgan fingerprint density at radius 1 is 1.00 bits per heavy atom. The highest BCUT2D eigenvalue weighted by Crippen LogP contribution is 2.35. The van der Waals surface area contributed by atoms with Crippen molar-refractivity contribution in [1.29, 1.82) is 0 Å². The van der Waals surface area contributed by atoms with Gasteiger partial charge in [0.15, 0.2) is 0 Å². The zero-order valence-electron chi connectivity index (χ0n) is 13.4. The predicted octanol–water partition coefficient (Wildman–Crippen LogP) is 3.81. The van der Waals surface area contributed by atoms with Crippen molar-refractivity contribution >= 4 is 0 Å². The van der Waals surface area contributed by atoms with Gasteiger partial charge in [-0.2, -0.15) is 0 Å². The molecule has 0 atom stereocenters. The molecule has 0 amide bonds. The number of nitrogens with one attached hydrogen (secondary N) is 1. The van der Waals surface area contributed by atoms with Crippen molar-refractivity contribution < 1.29 is 0 Å². The summed E-state index contributed by atoms with van der Waals surface area (Å²) in [7, 11) is 0. The van der Waals surface area contributed by atoms with Crippen LogP contribution in [0.25, 0.3) is 0 Å². The van der Waals surface area contributed by atoms with Crippen molar-refractivity contribution in [2.75, 3.05) is 19.6 Å². The molecule has 19 heavy (non-hydrogen) atoms. The Labute approximate surface area is 120 Å². The van der Waals surface area contributed by atoms with E-state index in [2.05, 4.69) is 31.0 Å². The van der Waals surface area contributed by atoms with Crippen LogP contribution in [0.15, 0.2) is 0 Å². The quantitative estimate of drug-likeness (QED) is 0.814. The lowest BCUT2D eigenvalue weighted by atomic mass is 9.75. The Morgan fingerprint density at radius 2 is 1.58 bits per heavy atom. The minimum atomic E-state index is 0.599. The van der Waals surface area contributed by atoms with Gasteiger partial charge in [0.1, 0.15) is 0 Å². The van der Waals surface area contributed by atoms with E-state index in [0.717, 1.165) is 12.1 Å². The Kier molecular flexibility index (Phi) is 5.70. The van der Waals surface area contributed by atoms with Crippen molar-refractivity contribution in [3.05, 3.63) is 0 Å². The topological polar surface area (TPSA) is 15.3 Å². The summed E-state index contributed by atoms with van der Waals surface area (Å²) in [5.41, 5.74) is 0.599. The maximum Gasteiger partial charge on any atom is 0.00940 e. The van der Waals surface area contributed by atoms with Crippen LogP contribution < -0.4 is 5.32 Å². The molecule has 2 fully saturated rings. The van der Waals surface area contributed by atoms with E-state index in [1.807, 2.05) is 0 Å².